The van der Waals surface area contributed by atoms with Gasteiger partial charge in [-0.25, -0.2) is 0 Å². The molecule has 0 aromatic carbocycles. The normalized spacial score (nSPS) is 26.7. The summed E-state index contributed by atoms with van der Waals surface area (Å²) in [5, 5.41) is 9.69. The van der Waals surface area contributed by atoms with E-state index in [-0.39, 0.29) is 17.4 Å². The van der Waals surface area contributed by atoms with E-state index >= 15 is 0 Å². The summed E-state index contributed by atoms with van der Waals surface area (Å²) < 4.78 is 0. The SMILES string of the molecule is CC(C)(C)C(=O)N1CCC2(CCC(CN3CCC(C(=O)N4CCC(O)CC4)CC3)CC2)CC1. The molecule has 0 aromatic rings. The second-order valence-electron chi connectivity index (χ2n) is 12.6. The summed E-state index contributed by atoms with van der Waals surface area (Å²) in [6.45, 7) is 12.7. The first-order valence-corrected chi connectivity index (χ1v) is 13.6. The largest absolute Gasteiger partial charge is 0.393 e. The van der Waals surface area contributed by atoms with Gasteiger partial charge in [0.25, 0.3) is 0 Å². The average Bonchev–Trinajstić information content (AvgIpc) is 2.81. The number of hydrogen-bond acceptors (Lipinski definition) is 4. The molecule has 4 aliphatic rings. The number of aliphatic hydroxyl groups is 1. The average molecular weight is 462 g/mol. The molecule has 3 aliphatic heterocycles. The Balaban J connectivity index is 1.16. The van der Waals surface area contributed by atoms with E-state index in [2.05, 4.69) is 9.80 Å². The molecule has 0 atom stereocenters. The van der Waals surface area contributed by atoms with Crippen LogP contribution in [0, 0.1) is 22.7 Å². The van der Waals surface area contributed by atoms with Crippen molar-refractivity contribution in [2.24, 2.45) is 22.7 Å². The van der Waals surface area contributed by atoms with Crippen molar-refractivity contribution in [3.8, 4) is 0 Å². The molecule has 188 valence electrons. The molecule has 0 unspecified atom stereocenters. The van der Waals surface area contributed by atoms with E-state index in [0.29, 0.717) is 17.2 Å². The van der Waals surface area contributed by atoms with E-state index in [1.54, 1.807) is 0 Å². The molecule has 6 nitrogen and oxygen atoms in total. The van der Waals surface area contributed by atoms with Gasteiger partial charge in [-0.15, -0.1) is 0 Å². The Labute approximate surface area is 201 Å². The number of aliphatic hydroxyl groups excluding tert-OH is 1. The highest BCUT2D eigenvalue weighted by Gasteiger charge is 2.41. The maximum absolute atomic E-state index is 12.8. The molecule has 1 aliphatic carbocycles. The standard InChI is InChI=1S/C27H47N3O3/c1-26(2,3)25(33)30-18-12-27(13-19-30)10-4-21(5-11-27)20-28-14-6-22(7-15-28)24(32)29-16-8-23(31)9-17-29/h21-23,31H,4-20H2,1-3H3. The Morgan fingerprint density at radius 1 is 0.788 bits per heavy atom. The molecular formula is C27H47N3O3. The predicted octanol–water partition coefficient (Wildman–Crippen LogP) is 3.53. The fourth-order valence-electron chi connectivity index (χ4n) is 6.70. The monoisotopic (exact) mass is 461 g/mol. The molecule has 6 heteroatoms. The van der Waals surface area contributed by atoms with Crippen LogP contribution in [0.15, 0.2) is 0 Å². The van der Waals surface area contributed by atoms with Gasteiger partial charge in [-0.2, -0.15) is 0 Å². The Morgan fingerprint density at radius 3 is 1.91 bits per heavy atom. The van der Waals surface area contributed by atoms with Gasteiger partial charge >= 0.3 is 0 Å². The van der Waals surface area contributed by atoms with Gasteiger partial charge in [0.1, 0.15) is 0 Å². The van der Waals surface area contributed by atoms with E-state index < -0.39 is 0 Å². The van der Waals surface area contributed by atoms with Gasteiger partial charge in [-0.05, 0) is 88.6 Å². The highest BCUT2D eigenvalue weighted by atomic mass is 16.3. The van der Waals surface area contributed by atoms with Gasteiger partial charge < -0.3 is 19.8 Å². The number of hydrogen-bond donors (Lipinski definition) is 1. The van der Waals surface area contributed by atoms with E-state index in [4.69, 9.17) is 0 Å². The Kier molecular flexibility index (Phi) is 7.74. The lowest BCUT2D eigenvalue weighted by molar-refractivity contribution is -0.142. The summed E-state index contributed by atoms with van der Waals surface area (Å²) >= 11 is 0. The van der Waals surface area contributed by atoms with Crippen molar-refractivity contribution in [2.75, 3.05) is 45.8 Å². The van der Waals surface area contributed by atoms with E-state index in [1.807, 2.05) is 25.7 Å². The molecule has 4 fully saturated rings. The van der Waals surface area contributed by atoms with Crippen LogP contribution >= 0.6 is 0 Å². The van der Waals surface area contributed by atoms with E-state index in [0.717, 1.165) is 70.9 Å². The van der Waals surface area contributed by atoms with Crippen LogP contribution < -0.4 is 0 Å². The van der Waals surface area contributed by atoms with Gasteiger partial charge in [-0.3, -0.25) is 9.59 Å². The highest BCUT2D eigenvalue weighted by Crippen LogP contribution is 2.47. The molecule has 0 aromatic heterocycles. The summed E-state index contributed by atoms with van der Waals surface area (Å²) in [6, 6.07) is 0. The Bertz CT molecular complexity index is 669. The molecule has 3 saturated heterocycles. The molecule has 1 saturated carbocycles. The molecule has 2 amide bonds. The summed E-state index contributed by atoms with van der Waals surface area (Å²) in [5.41, 5.74) is 0.211. The zero-order chi connectivity index (χ0) is 23.6. The van der Waals surface area contributed by atoms with Gasteiger partial charge in [-0.1, -0.05) is 20.8 Å². The molecule has 1 spiro atoms. The van der Waals surface area contributed by atoms with Crippen LogP contribution in [0.25, 0.3) is 0 Å². The minimum atomic E-state index is -0.267. The zero-order valence-electron chi connectivity index (χ0n) is 21.4. The van der Waals surface area contributed by atoms with E-state index in [9.17, 15) is 14.7 Å². The summed E-state index contributed by atoms with van der Waals surface area (Å²) in [6.07, 6.45) is 10.9. The smallest absolute Gasteiger partial charge is 0.227 e. The number of nitrogens with zero attached hydrogens (tertiary/aromatic N) is 3. The predicted molar refractivity (Wildman–Crippen MR) is 131 cm³/mol. The molecule has 3 heterocycles. The number of likely N-dealkylation sites (tertiary alicyclic amines) is 3. The number of rotatable bonds is 3. The lowest BCUT2D eigenvalue weighted by atomic mass is 9.65. The topological polar surface area (TPSA) is 64.1 Å². The van der Waals surface area contributed by atoms with Crippen LogP contribution in [0.1, 0.15) is 85.0 Å². The van der Waals surface area contributed by atoms with E-state index in [1.165, 1.54) is 45.1 Å². The lowest BCUT2D eigenvalue weighted by Gasteiger charge is -2.47. The molecular weight excluding hydrogens is 414 g/mol. The van der Waals surface area contributed by atoms with Gasteiger partial charge in [0.15, 0.2) is 0 Å². The molecule has 1 N–H and O–H groups in total. The minimum absolute atomic E-state index is 0.187. The van der Waals surface area contributed by atoms with Crippen LogP contribution in [-0.4, -0.2) is 83.5 Å². The quantitative estimate of drug-likeness (QED) is 0.698. The first-order chi connectivity index (χ1) is 15.7. The fraction of sp³-hybridized carbons (Fsp3) is 0.926. The van der Waals surface area contributed by atoms with Gasteiger partial charge in [0, 0.05) is 44.1 Å². The van der Waals surface area contributed by atoms with Crippen molar-refractivity contribution in [2.45, 2.75) is 91.1 Å². The van der Waals surface area contributed by atoms with Crippen LogP contribution in [0.4, 0.5) is 0 Å². The van der Waals surface area contributed by atoms with Crippen LogP contribution in [0.2, 0.25) is 0 Å². The van der Waals surface area contributed by atoms with Crippen molar-refractivity contribution in [3.05, 3.63) is 0 Å². The summed E-state index contributed by atoms with van der Waals surface area (Å²) in [4.78, 5) is 32.2. The minimum Gasteiger partial charge on any atom is -0.393 e. The number of carbonyl (C=O) groups excluding carboxylic acids is 2. The van der Waals surface area contributed by atoms with Crippen molar-refractivity contribution in [3.63, 3.8) is 0 Å². The first kappa shape index (κ1) is 25.0. The zero-order valence-corrected chi connectivity index (χ0v) is 21.4. The van der Waals surface area contributed by atoms with Gasteiger partial charge in [0.05, 0.1) is 6.10 Å². The summed E-state index contributed by atoms with van der Waals surface area (Å²) in [5.74, 6) is 1.62. The third-order valence-corrected chi connectivity index (χ3v) is 9.15. The van der Waals surface area contributed by atoms with Crippen LogP contribution in [0.5, 0.6) is 0 Å². The molecule has 33 heavy (non-hydrogen) atoms. The fourth-order valence-corrected chi connectivity index (χ4v) is 6.70. The highest BCUT2D eigenvalue weighted by molar-refractivity contribution is 5.81. The summed E-state index contributed by atoms with van der Waals surface area (Å²) in [7, 11) is 0. The second-order valence-corrected chi connectivity index (χ2v) is 12.6. The van der Waals surface area contributed by atoms with Crippen LogP contribution in [0.3, 0.4) is 0 Å². The third-order valence-electron chi connectivity index (χ3n) is 9.15. The van der Waals surface area contributed by atoms with Crippen molar-refractivity contribution in [1.82, 2.24) is 14.7 Å². The number of amides is 2. The first-order valence-electron chi connectivity index (χ1n) is 13.6. The number of carbonyl (C=O) groups is 2. The van der Waals surface area contributed by atoms with Crippen molar-refractivity contribution < 1.29 is 14.7 Å². The third kappa shape index (κ3) is 6.11. The maximum atomic E-state index is 12.8. The molecule has 0 radical (unpaired) electrons. The maximum Gasteiger partial charge on any atom is 0.227 e. The molecule has 4 rings (SSSR count). The van der Waals surface area contributed by atoms with Crippen molar-refractivity contribution in [1.29, 1.82) is 0 Å². The Morgan fingerprint density at radius 2 is 1.36 bits per heavy atom. The van der Waals surface area contributed by atoms with Gasteiger partial charge in [0.2, 0.25) is 11.8 Å². The number of piperidine rings is 3. The Hall–Kier alpha value is -1.14. The van der Waals surface area contributed by atoms with Crippen LogP contribution in [-0.2, 0) is 9.59 Å². The lowest BCUT2D eigenvalue weighted by Crippen LogP contribution is -2.49. The second kappa shape index (κ2) is 10.2. The molecule has 0 bridgehead atoms. The van der Waals surface area contributed by atoms with Crippen molar-refractivity contribution >= 4 is 11.8 Å².